The highest BCUT2D eigenvalue weighted by Crippen LogP contribution is 2.28. The van der Waals surface area contributed by atoms with E-state index in [4.69, 9.17) is 5.11 Å². The fourth-order valence-electron chi connectivity index (χ4n) is 2.67. The molecule has 0 bridgehead atoms. The van der Waals surface area contributed by atoms with E-state index in [2.05, 4.69) is 46.3 Å². The average Bonchev–Trinajstić information content (AvgIpc) is 2.73. The molecular weight excluding hydrogens is 387 g/mol. The Bertz CT molecular complexity index is 755. The lowest BCUT2D eigenvalue weighted by Gasteiger charge is -2.23. The molecule has 140 valence electrons. The molecule has 0 spiro atoms. The first-order chi connectivity index (χ1) is 11.3. The van der Waals surface area contributed by atoms with Crippen LogP contribution in [0.25, 0.3) is 11.0 Å². The highest BCUT2D eigenvalue weighted by atomic mass is 79.9. The summed E-state index contributed by atoms with van der Waals surface area (Å²) in [7, 11) is 0. The van der Waals surface area contributed by atoms with Crippen molar-refractivity contribution in [1.29, 1.82) is 0 Å². The van der Waals surface area contributed by atoms with Crippen LogP contribution in [-0.4, -0.2) is 26.0 Å². The Morgan fingerprint density at radius 2 is 1.84 bits per heavy atom. The molecule has 0 saturated heterocycles. The van der Waals surface area contributed by atoms with Crippen LogP contribution in [0.1, 0.15) is 60.2 Å². The van der Waals surface area contributed by atoms with E-state index in [1.54, 1.807) is 20.8 Å². The largest absolute Gasteiger partial charge is 0.390 e. The number of carbonyl (C=O) groups excluding carboxylic acids is 1. The Kier molecular flexibility index (Phi) is 6.93. The minimum Gasteiger partial charge on any atom is -0.390 e. The number of hydrogen-bond donors (Lipinski definition) is 1. The van der Waals surface area contributed by atoms with Crippen LogP contribution in [0.5, 0.6) is 0 Å². The first kappa shape index (κ1) is 21.8. The smallest absolute Gasteiger partial charge is 0.152 e. The Balaban J connectivity index is 0.000000299. The van der Waals surface area contributed by atoms with E-state index in [1.165, 1.54) is 6.07 Å². The monoisotopic (exact) mass is 414 g/mol. The Morgan fingerprint density at radius 3 is 2.24 bits per heavy atom. The number of halogens is 2. The summed E-state index contributed by atoms with van der Waals surface area (Å²) in [4.78, 5) is 15.0. The number of Topliss-reactive ketones (excluding diaryl/α,β-unsaturated/α-hetero) is 1. The van der Waals surface area contributed by atoms with Gasteiger partial charge in [0.1, 0.15) is 17.1 Å². The van der Waals surface area contributed by atoms with Crippen LogP contribution in [0.3, 0.4) is 0 Å². The fraction of sp³-hybridized carbons (Fsp3) is 0.579. The zero-order valence-electron chi connectivity index (χ0n) is 16.1. The van der Waals surface area contributed by atoms with Crippen LogP contribution in [0.4, 0.5) is 4.39 Å². The van der Waals surface area contributed by atoms with Crippen LogP contribution in [0.15, 0.2) is 16.6 Å². The van der Waals surface area contributed by atoms with Crippen molar-refractivity contribution in [3.8, 4) is 0 Å². The van der Waals surface area contributed by atoms with Crippen molar-refractivity contribution in [2.45, 2.75) is 72.4 Å². The number of imidazole rings is 1. The summed E-state index contributed by atoms with van der Waals surface area (Å²) in [6, 6.07) is 3.35. The van der Waals surface area contributed by atoms with Gasteiger partial charge in [-0.2, -0.15) is 0 Å². The molecule has 0 aliphatic heterocycles. The molecule has 1 aromatic heterocycles. The molecule has 4 nitrogen and oxygen atoms in total. The number of ketones is 1. The van der Waals surface area contributed by atoms with Gasteiger partial charge in [0.2, 0.25) is 0 Å². The van der Waals surface area contributed by atoms with E-state index in [-0.39, 0.29) is 23.6 Å². The van der Waals surface area contributed by atoms with Gasteiger partial charge in [0, 0.05) is 22.9 Å². The lowest BCUT2D eigenvalue weighted by molar-refractivity contribution is -0.122. The number of aromatic nitrogens is 2. The van der Waals surface area contributed by atoms with Gasteiger partial charge in [0.25, 0.3) is 0 Å². The summed E-state index contributed by atoms with van der Waals surface area (Å²) in [6.45, 7) is 13.2. The second kappa shape index (κ2) is 7.96. The molecule has 0 fully saturated rings. The van der Waals surface area contributed by atoms with Crippen LogP contribution in [0.2, 0.25) is 0 Å². The Labute approximate surface area is 157 Å². The molecule has 0 amide bonds. The van der Waals surface area contributed by atoms with Crippen molar-refractivity contribution in [3.05, 3.63) is 28.2 Å². The number of rotatable bonds is 3. The Hall–Kier alpha value is -1.27. The molecule has 6 heteroatoms. The van der Waals surface area contributed by atoms with Gasteiger partial charge >= 0.3 is 0 Å². The number of carbonyl (C=O) groups is 1. The number of fused-ring (bicyclic) bond motifs is 1. The molecule has 0 aliphatic rings. The van der Waals surface area contributed by atoms with Gasteiger partial charge in [-0.3, -0.25) is 4.79 Å². The van der Waals surface area contributed by atoms with E-state index >= 15 is 0 Å². The average molecular weight is 415 g/mol. The number of nitrogens with zero attached hydrogens (tertiary/aromatic N) is 2. The van der Waals surface area contributed by atoms with Gasteiger partial charge in [-0.15, -0.1) is 0 Å². The Morgan fingerprint density at radius 1 is 1.28 bits per heavy atom. The van der Waals surface area contributed by atoms with Crippen molar-refractivity contribution in [2.75, 3.05) is 0 Å². The van der Waals surface area contributed by atoms with Gasteiger partial charge in [-0.25, -0.2) is 9.37 Å². The topological polar surface area (TPSA) is 55.1 Å². The molecule has 0 saturated carbocycles. The van der Waals surface area contributed by atoms with Gasteiger partial charge in [0.15, 0.2) is 5.82 Å². The second-order valence-corrected chi connectivity index (χ2v) is 8.72. The van der Waals surface area contributed by atoms with Crippen molar-refractivity contribution < 1.29 is 14.3 Å². The number of benzene rings is 1. The molecule has 1 N–H and O–H groups in total. The van der Waals surface area contributed by atoms with E-state index in [1.807, 2.05) is 13.0 Å². The van der Waals surface area contributed by atoms with Crippen molar-refractivity contribution in [2.24, 2.45) is 0 Å². The quantitative estimate of drug-likeness (QED) is 0.757. The van der Waals surface area contributed by atoms with Gasteiger partial charge in [0.05, 0.1) is 11.1 Å². The molecule has 1 aromatic carbocycles. The highest BCUT2D eigenvalue weighted by molar-refractivity contribution is 9.10. The van der Waals surface area contributed by atoms with Gasteiger partial charge in [-0.1, -0.05) is 22.9 Å². The molecule has 0 unspecified atom stereocenters. The van der Waals surface area contributed by atoms with Crippen molar-refractivity contribution >= 4 is 32.7 Å². The SMILES string of the molecule is CCC(=O)CC(C)(C)O.Cc1nc2c(F)cc(Br)cc2n1C(C)(C)C. The summed E-state index contributed by atoms with van der Waals surface area (Å²) < 4.78 is 16.5. The van der Waals surface area contributed by atoms with Crippen molar-refractivity contribution in [1.82, 2.24) is 9.55 Å². The van der Waals surface area contributed by atoms with E-state index in [0.717, 1.165) is 15.8 Å². The number of aliphatic hydroxyl groups is 1. The molecule has 0 atom stereocenters. The van der Waals surface area contributed by atoms with Crippen LogP contribution in [-0.2, 0) is 10.3 Å². The third-order valence-corrected chi connectivity index (χ3v) is 4.00. The zero-order chi connectivity index (χ0) is 19.6. The lowest BCUT2D eigenvalue weighted by Crippen LogP contribution is -2.22. The van der Waals surface area contributed by atoms with E-state index in [0.29, 0.717) is 11.9 Å². The number of aryl methyl sites for hydroxylation is 1. The molecule has 1 heterocycles. The fourth-order valence-corrected chi connectivity index (χ4v) is 3.09. The van der Waals surface area contributed by atoms with Gasteiger partial charge in [-0.05, 0) is 53.7 Å². The molecule has 0 radical (unpaired) electrons. The molecule has 25 heavy (non-hydrogen) atoms. The van der Waals surface area contributed by atoms with Crippen LogP contribution < -0.4 is 0 Å². The molecular formula is C19H28BrFN2O2. The minimum absolute atomic E-state index is 0.105. The second-order valence-electron chi connectivity index (χ2n) is 7.80. The maximum absolute atomic E-state index is 13.7. The van der Waals surface area contributed by atoms with E-state index < -0.39 is 5.60 Å². The van der Waals surface area contributed by atoms with Crippen LogP contribution >= 0.6 is 15.9 Å². The lowest BCUT2D eigenvalue weighted by atomic mass is 10.0. The van der Waals surface area contributed by atoms with Crippen LogP contribution in [0, 0.1) is 12.7 Å². The summed E-state index contributed by atoms with van der Waals surface area (Å²) >= 11 is 3.31. The van der Waals surface area contributed by atoms with E-state index in [9.17, 15) is 9.18 Å². The third-order valence-electron chi connectivity index (χ3n) is 3.54. The third kappa shape index (κ3) is 6.19. The summed E-state index contributed by atoms with van der Waals surface area (Å²) in [5.41, 5.74) is 0.339. The molecule has 2 aromatic rings. The first-order valence-corrected chi connectivity index (χ1v) is 9.14. The summed E-state index contributed by atoms with van der Waals surface area (Å²) in [5.74, 6) is 0.664. The summed E-state index contributed by atoms with van der Waals surface area (Å²) in [5, 5.41) is 9.10. The first-order valence-electron chi connectivity index (χ1n) is 8.35. The van der Waals surface area contributed by atoms with Gasteiger partial charge < -0.3 is 9.67 Å². The predicted octanol–water partition coefficient (Wildman–Crippen LogP) is 5.13. The minimum atomic E-state index is -0.826. The normalized spacial score (nSPS) is 12.1. The zero-order valence-corrected chi connectivity index (χ0v) is 17.7. The molecule has 0 aliphatic carbocycles. The molecule has 2 rings (SSSR count). The van der Waals surface area contributed by atoms with Crippen molar-refractivity contribution in [3.63, 3.8) is 0 Å². The maximum Gasteiger partial charge on any atom is 0.152 e. The highest BCUT2D eigenvalue weighted by Gasteiger charge is 2.21. The standard InChI is InChI=1S/C12H14BrFN2.C7H14O2/c1-7-15-11-9(14)5-8(13)6-10(11)16(7)12(2,3)4;1-4-6(8)5-7(2,3)9/h5-6H,1-4H3;9H,4-5H2,1-3H3. The number of hydrogen-bond acceptors (Lipinski definition) is 3. The maximum atomic E-state index is 13.7. The summed E-state index contributed by atoms with van der Waals surface area (Å²) in [6.07, 6.45) is 0.785. The predicted molar refractivity (Wildman–Crippen MR) is 103 cm³/mol.